The van der Waals surface area contributed by atoms with Crippen LogP contribution >= 0.6 is 11.6 Å². The summed E-state index contributed by atoms with van der Waals surface area (Å²) in [5.74, 6) is 0.878. The summed E-state index contributed by atoms with van der Waals surface area (Å²) in [5.41, 5.74) is 9.22. The first-order valence-electron chi connectivity index (χ1n) is 10.8. The summed E-state index contributed by atoms with van der Waals surface area (Å²) in [5, 5.41) is 5.31. The summed E-state index contributed by atoms with van der Waals surface area (Å²) < 4.78 is 1.82. The maximum Gasteiger partial charge on any atom is 0.273 e. The minimum absolute atomic E-state index is 0.0886. The number of piperidine rings is 1. The number of aromatic nitrogens is 4. The fourth-order valence-electron chi connectivity index (χ4n) is 4.61. The second-order valence-corrected chi connectivity index (χ2v) is 8.92. The molecule has 0 aromatic carbocycles. The van der Waals surface area contributed by atoms with Gasteiger partial charge < -0.3 is 15.5 Å². The van der Waals surface area contributed by atoms with Crippen LogP contribution in [0.3, 0.4) is 0 Å². The van der Waals surface area contributed by atoms with E-state index in [1.54, 1.807) is 12.1 Å². The molecule has 2 N–H and O–H groups in total. The first kappa shape index (κ1) is 20.2. The zero-order chi connectivity index (χ0) is 21.5. The predicted molar refractivity (Wildman–Crippen MR) is 119 cm³/mol. The van der Waals surface area contributed by atoms with E-state index in [0.717, 1.165) is 61.5 Å². The van der Waals surface area contributed by atoms with Gasteiger partial charge in [-0.2, -0.15) is 5.10 Å². The maximum absolute atomic E-state index is 13.2. The molecule has 1 amide bonds. The van der Waals surface area contributed by atoms with Gasteiger partial charge in [-0.15, -0.1) is 0 Å². The summed E-state index contributed by atoms with van der Waals surface area (Å²) in [7, 11) is 0. The van der Waals surface area contributed by atoms with Crippen molar-refractivity contribution in [3.63, 3.8) is 0 Å². The van der Waals surface area contributed by atoms with Gasteiger partial charge in [0.1, 0.15) is 11.5 Å². The van der Waals surface area contributed by atoms with Gasteiger partial charge in [-0.1, -0.05) is 11.6 Å². The van der Waals surface area contributed by atoms with E-state index in [4.69, 9.17) is 27.4 Å². The number of aryl methyl sites for hydroxylation is 1. The van der Waals surface area contributed by atoms with E-state index in [-0.39, 0.29) is 18.0 Å². The van der Waals surface area contributed by atoms with Crippen LogP contribution in [0, 0.1) is 6.92 Å². The molecule has 9 heteroatoms. The molecule has 2 atom stereocenters. The summed E-state index contributed by atoms with van der Waals surface area (Å²) in [6.07, 6.45) is 7.41. The molecule has 0 saturated carbocycles. The molecule has 0 bridgehead atoms. The number of anilines is 1. The first-order chi connectivity index (χ1) is 15.0. The van der Waals surface area contributed by atoms with Crippen molar-refractivity contribution in [2.45, 2.75) is 44.7 Å². The van der Waals surface area contributed by atoms with E-state index in [1.807, 2.05) is 21.7 Å². The molecule has 0 unspecified atom stereocenters. The van der Waals surface area contributed by atoms with Crippen LogP contribution in [-0.2, 0) is 0 Å². The van der Waals surface area contributed by atoms with Crippen molar-refractivity contribution >= 4 is 29.0 Å². The summed E-state index contributed by atoms with van der Waals surface area (Å²) in [4.78, 5) is 26.4. The van der Waals surface area contributed by atoms with Gasteiger partial charge in [-0.25, -0.2) is 14.5 Å². The number of hydrogen-bond acceptors (Lipinski definition) is 6. The van der Waals surface area contributed by atoms with E-state index in [1.165, 1.54) is 6.20 Å². The number of likely N-dealkylation sites (tertiary alicyclic amines) is 1. The fraction of sp³-hybridized carbons (Fsp3) is 0.455. The van der Waals surface area contributed by atoms with Crippen LogP contribution in [0.15, 0.2) is 30.6 Å². The van der Waals surface area contributed by atoms with Crippen molar-refractivity contribution in [1.82, 2.24) is 24.5 Å². The van der Waals surface area contributed by atoms with Gasteiger partial charge in [0.25, 0.3) is 5.91 Å². The molecule has 8 nitrogen and oxygen atoms in total. The van der Waals surface area contributed by atoms with Crippen molar-refractivity contribution < 1.29 is 4.79 Å². The van der Waals surface area contributed by atoms with Gasteiger partial charge in [0.2, 0.25) is 0 Å². The van der Waals surface area contributed by atoms with Gasteiger partial charge >= 0.3 is 0 Å². The normalized spacial score (nSPS) is 21.8. The summed E-state index contributed by atoms with van der Waals surface area (Å²) >= 11 is 5.93. The number of carbonyl (C=O) groups is 1. The lowest BCUT2D eigenvalue weighted by atomic mass is 9.99. The lowest BCUT2D eigenvalue weighted by molar-refractivity contribution is 0.0599. The summed E-state index contributed by atoms with van der Waals surface area (Å²) in [6, 6.07) is 5.48. The molecular formula is C22H26ClN7O. The zero-order valence-corrected chi connectivity index (χ0v) is 18.3. The van der Waals surface area contributed by atoms with E-state index in [2.05, 4.69) is 16.8 Å². The standard InChI is InChI=1S/C22H26ClN7O/c1-14-12-30-20(26-21(14)28-9-7-16(24)13-28)10-18(27-30)19-4-2-3-8-29(19)22(31)17-6-5-15(23)11-25-17/h5-6,10-12,16,19H,2-4,7-9,13,24H2,1H3/t16-,19-/m0/s1. The predicted octanol–water partition coefficient (Wildman–Crippen LogP) is 2.99. The van der Waals surface area contributed by atoms with Gasteiger partial charge in [0.05, 0.1) is 16.8 Å². The number of carbonyl (C=O) groups excluding carboxylic acids is 1. The molecule has 0 aliphatic carbocycles. The average molecular weight is 440 g/mol. The van der Waals surface area contributed by atoms with E-state index < -0.39 is 0 Å². The van der Waals surface area contributed by atoms with Crippen LogP contribution < -0.4 is 10.6 Å². The molecule has 3 aromatic rings. The molecule has 2 saturated heterocycles. The highest BCUT2D eigenvalue weighted by Crippen LogP contribution is 2.32. The van der Waals surface area contributed by atoms with Crippen molar-refractivity contribution in [3.05, 3.63) is 52.6 Å². The Morgan fingerprint density at radius 1 is 1.23 bits per heavy atom. The topological polar surface area (TPSA) is 92.6 Å². The Bertz CT molecular complexity index is 1110. The lowest BCUT2D eigenvalue weighted by Crippen LogP contribution is -2.39. The number of nitrogens with zero attached hydrogens (tertiary/aromatic N) is 6. The maximum atomic E-state index is 13.2. The fourth-order valence-corrected chi connectivity index (χ4v) is 4.73. The van der Waals surface area contributed by atoms with Crippen molar-refractivity contribution in [2.24, 2.45) is 5.73 Å². The van der Waals surface area contributed by atoms with Crippen LogP contribution in [0.5, 0.6) is 0 Å². The Hall–Kier alpha value is -2.71. The van der Waals surface area contributed by atoms with Crippen molar-refractivity contribution in [1.29, 1.82) is 0 Å². The van der Waals surface area contributed by atoms with Crippen LogP contribution in [-0.4, -0.2) is 56.1 Å². The highest BCUT2D eigenvalue weighted by Gasteiger charge is 2.31. The Kier molecular flexibility index (Phi) is 5.27. The van der Waals surface area contributed by atoms with Crippen LogP contribution in [0.25, 0.3) is 5.65 Å². The minimum Gasteiger partial charge on any atom is -0.355 e. The second-order valence-electron chi connectivity index (χ2n) is 8.49. The average Bonchev–Trinajstić information content (AvgIpc) is 3.39. The molecule has 2 aliphatic rings. The number of amides is 1. The van der Waals surface area contributed by atoms with Gasteiger partial charge in [0, 0.05) is 49.7 Å². The summed E-state index contributed by atoms with van der Waals surface area (Å²) in [6.45, 7) is 4.48. The number of fused-ring (bicyclic) bond motifs is 1. The van der Waals surface area contributed by atoms with Gasteiger partial charge in [-0.3, -0.25) is 4.79 Å². The molecule has 5 heterocycles. The third kappa shape index (κ3) is 3.85. The van der Waals surface area contributed by atoms with Gasteiger partial charge in [-0.05, 0) is 44.7 Å². The Labute approximate surface area is 186 Å². The largest absolute Gasteiger partial charge is 0.355 e. The molecule has 3 aromatic heterocycles. The van der Waals surface area contributed by atoms with Crippen molar-refractivity contribution in [2.75, 3.05) is 24.5 Å². The number of pyridine rings is 1. The number of halogens is 1. The van der Waals surface area contributed by atoms with E-state index in [0.29, 0.717) is 17.3 Å². The van der Waals surface area contributed by atoms with E-state index in [9.17, 15) is 4.79 Å². The molecular weight excluding hydrogens is 414 g/mol. The smallest absolute Gasteiger partial charge is 0.273 e. The Balaban J connectivity index is 1.46. The molecule has 0 spiro atoms. The molecule has 31 heavy (non-hydrogen) atoms. The third-order valence-corrected chi connectivity index (χ3v) is 6.42. The Morgan fingerprint density at radius 2 is 2.10 bits per heavy atom. The number of hydrogen-bond donors (Lipinski definition) is 1. The lowest BCUT2D eigenvalue weighted by Gasteiger charge is -2.34. The van der Waals surface area contributed by atoms with Crippen LogP contribution in [0.2, 0.25) is 5.02 Å². The highest BCUT2D eigenvalue weighted by molar-refractivity contribution is 6.30. The molecule has 5 rings (SSSR count). The van der Waals surface area contributed by atoms with Gasteiger partial charge in [0.15, 0.2) is 5.65 Å². The van der Waals surface area contributed by atoms with Crippen molar-refractivity contribution in [3.8, 4) is 0 Å². The zero-order valence-electron chi connectivity index (χ0n) is 17.5. The third-order valence-electron chi connectivity index (χ3n) is 6.20. The van der Waals surface area contributed by atoms with E-state index >= 15 is 0 Å². The van der Waals surface area contributed by atoms with Crippen LogP contribution in [0.1, 0.15) is 53.5 Å². The molecule has 2 fully saturated rings. The molecule has 2 aliphatic heterocycles. The highest BCUT2D eigenvalue weighted by atomic mass is 35.5. The van der Waals surface area contributed by atoms with Crippen LogP contribution in [0.4, 0.5) is 5.82 Å². The molecule has 162 valence electrons. The monoisotopic (exact) mass is 439 g/mol. The quantitative estimate of drug-likeness (QED) is 0.674. The number of rotatable bonds is 3. The second kappa shape index (κ2) is 8.09. The Morgan fingerprint density at radius 3 is 2.84 bits per heavy atom. The molecule has 0 radical (unpaired) electrons. The SMILES string of the molecule is Cc1cn2nc([C@@H]3CCCCN3C(=O)c3ccc(Cl)cn3)cc2nc1N1CC[C@H](N)C1. The number of nitrogens with two attached hydrogens (primary N) is 1. The minimum atomic E-state index is -0.0932. The first-order valence-corrected chi connectivity index (χ1v) is 11.2.